The van der Waals surface area contributed by atoms with Gasteiger partial charge >= 0.3 is 0 Å². The number of hydrogen-bond acceptors (Lipinski definition) is 3. The normalized spacial score (nSPS) is 16.0. The minimum atomic E-state index is 1.40. The van der Waals surface area contributed by atoms with Crippen LogP contribution >= 0.6 is 0 Å². The molecule has 0 N–H and O–H groups in total. The van der Waals surface area contributed by atoms with E-state index in [1.54, 1.807) is 12.2 Å². The minimum Gasteiger partial charge on any atom is -0.276 e. The van der Waals surface area contributed by atoms with Gasteiger partial charge in [-0.05, 0) is 17.3 Å². The highest BCUT2D eigenvalue weighted by Gasteiger charge is 1.72. The maximum absolute atomic E-state index is 4.65. The Balaban J connectivity index is 2.58. The summed E-state index contributed by atoms with van der Waals surface area (Å²) in [5.74, 6) is 0. The Hall–Kier alpha value is -2.55. The maximum atomic E-state index is 4.65. The second-order valence-electron chi connectivity index (χ2n) is 3.06. The Labute approximate surface area is 107 Å². The lowest BCUT2D eigenvalue weighted by Gasteiger charge is -1.88. The number of hydrogen-bond donors (Lipinski definition) is 0. The van der Waals surface area contributed by atoms with E-state index >= 15 is 0 Å². The molecular formula is C15H15NO2. The first-order valence-corrected chi connectivity index (χ1v) is 5.51. The summed E-state index contributed by atoms with van der Waals surface area (Å²) in [6.07, 6.45) is 27.3. The topological polar surface area (TPSA) is 30.8 Å². The van der Waals surface area contributed by atoms with E-state index in [0.717, 1.165) is 0 Å². The highest BCUT2D eigenvalue weighted by atomic mass is 17.3. The van der Waals surface area contributed by atoms with Crippen molar-refractivity contribution >= 4 is 6.21 Å². The average molecular weight is 241 g/mol. The molecule has 0 spiro atoms. The van der Waals surface area contributed by atoms with Crippen molar-refractivity contribution in [2.45, 2.75) is 0 Å². The Morgan fingerprint density at radius 3 is 1.50 bits per heavy atom. The molecule has 3 nitrogen and oxygen atoms in total. The second kappa shape index (κ2) is 11.0. The number of rotatable bonds is 0. The molecule has 0 radical (unpaired) electrons. The van der Waals surface area contributed by atoms with Crippen LogP contribution in [-0.2, 0) is 9.88 Å². The van der Waals surface area contributed by atoms with Gasteiger partial charge < -0.3 is 0 Å². The first-order valence-electron chi connectivity index (χ1n) is 5.51. The zero-order valence-electron chi connectivity index (χ0n) is 9.92. The summed E-state index contributed by atoms with van der Waals surface area (Å²) < 4.78 is 0. The molecule has 18 heavy (non-hydrogen) atoms. The summed E-state index contributed by atoms with van der Waals surface area (Å²) in [4.78, 5) is 9.16. The van der Waals surface area contributed by atoms with Crippen LogP contribution in [0.4, 0.5) is 0 Å². The summed E-state index contributed by atoms with van der Waals surface area (Å²) in [6, 6.07) is 0. The van der Waals surface area contributed by atoms with Crippen molar-refractivity contribution < 1.29 is 9.88 Å². The van der Waals surface area contributed by atoms with Gasteiger partial charge in [0.1, 0.15) is 6.26 Å². The van der Waals surface area contributed by atoms with Crippen LogP contribution in [0, 0.1) is 0 Å². The number of oxime groups is 1. The van der Waals surface area contributed by atoms with Crippen LogP contribution < -0.4 is 0 Å². The first kappa shape index (κ1) is 13.5. The molecule has 0 saturated carbocycles. The van der Waals surface area contributed by atoms with Gasteiger partial charge in [0.2, 0.25) is 0 Å². The van der Waals surface area contributed by atoms with Gasteiger partial charge in [-0.3, -0.25) is 4.89 Å². The molecule has 0 fully saturated rings. The van der Waals surface area contributed by atoms with Gasteiger partial charge in [0.05, 0.1) is 6.21 Å². The van der Waals surface area contributed by atoms with Crippen molar-refractivity contribution in [1.29, 1.82) is 0 Å². The lowest BCUT2D eigenvalue weighted by molar-refractivity contribution is -0.248. The second-order valence-corrected chi connectivity index (χ2v) is 3.06. The monoisotopic (exact) mass is 241 g/mol. The van der Waals surface area contributed by atoms with E-state index in [0.29, 0.717) is 0 Å². The molecule has 0 saturated heterocycles. The van der Waals surface area contributed by atoms with Gasteiger partial charge in [0.15, 0.2) is 0 Å². The lowest BCUT2D eigenvalue weighted by Crippen LogP contribution is -1.77. The Morgan fingerprint density at radius 1 is 0.500 bits per heavy atom. The average Bonchev–Trinajstić information content (AvgIpc) is 2.39. The van der Waals surface area contributed by atoms with Crippen LogP contribution in [0.5, 0.6) is 0 Å². The number of nitrogens with zero attached hydrogens (tertiary/aromatic N) is 1. The number of allylic oxidation sites excluding steroid dienone is 13. The van der Waals surface area contributed by atoms with Gasteiger partial charge in [-0.15, -0.1) is 0 Å². The van der Waals surface area contributed by atoms with Crippen LogP contribution in [0.25, 0.3) is 0 Å². The molecule has 1 aliphatic rings. The van der Waals surface area contributed by atoms with Crippen molar-refractivity contribution in [2.24, 2.45) is 5.16 Å². The Bertz CT molecular complexity index is 393. The fourth-order valence-electron chi connectivity index (χ4n) is 0.942. The SMILES string of the molecule is C1=CC=CC=CC=COON=CC=CC=CC=C1. The van der Waals surface area contributed by atoms with Crippen molar-refractivity contribution in [2.75, 3.05) is 0 Å². The third-order valence-corrected chi connectivity index (χ3v) is 1.70. The molecule has 0 amide bonds. The summed E-state index contributed by atoms with van der Waals surface area (Å²) in [5.41, 5.74) is 0. The first-order chi connectivity index (χ1) is 9.00. The van der Waals surface area contributed by atoms with Crippen LogP contribution in [-0.4, -0.2) is 6.21 Å². The molecule has 0 aliphatic carbocycles. The zero-order valence-corrected chi connectivity index (χ0v) is 9.92. The van der Waals surface area contributed by atoms with Crippen molar-refractivity contribution in [3.05, 3.63) is 85.3 Å². The van der Waals surface area contributed by atoms with Gasteiger partial charge in [-0.1, -0.05) is 66.8 Å². The van der Waals surface area contributed by atoms with E-state index in [4.69, 9.17) is 0 Å². The van der Waals surface area contributed by atoms with Crippen LogP contribution in [0.3, 0.4) is 0 Å². The zero-order chi connectivity index (χ0) is 12.7. The molecule has 0 atom stereocenters. The van der Waals surface area contributed by atoms with Crippen molar-refractivity contribution in [1.82, 2.24) is 0 Å². The molecule has 0 aromatic rings. The van der Waals surface area contributed by atoms with E-state index in [1.807, 2.05) is 66.8 Å². The fourth-order valence-corrected chi connectivity index (χ4v) is 0.942. The Kier molecular flexibility index (Phi) is 8.22. The molecule has 1 aliphatic heterocycles. The van der Waals surface area contributed by atoms with Gasteiger partial charge in [0.25, 0.3) is 0 Å². The molecule has 0 unspecified atom stereocenters. The van der Waals surface area contributed by atoms with E-state index in [2.05, 4.69) is 15.0 Å². The van der Waals surface area contributed by atoms with Gasteiger partial charge in [-0.2, -0.15) is 4.99 Å². The summed E-state index contributed by atoms with van der Waals surface area (Å²) in [5, 5.41) is 3.55. The maximum Gasteiger partial charge on any atom is 0.145 e. The van der Waals surface area contributed by atoms with E-state index in [-0.39, 0.29) is 0 Å². The minimum absolute atomic E-state index is 1.40. The standard InChI is InChI=1S/C15H15NO2/c1-2-4-6-8-10-12-14-16-18-17-15-13-11-9-7-5-3-1/h1-15H. The largest absolute Gasteiger partial charge is 0.276 e. The van der Waals surface area contributed by atoms with Crippen LogP contribution in [0.15, 0.2) is 90.4 Å². The van der Waals surface area contributed by atoms with Crippen molar-refractivity contribution in [3.63, 3.8) is 0 Å². The molecule has 1 heterocycles. The molecule has 1 rings (SSSR count). The predicted molar refractivity (Wildman–Crippen MR) is 74.6 cm³/mol. The molecule has 92 valence electrons. The van der Waals surface area contributed by atoms with E-state index < -0.39 is 0 Å². The molecule has 3 heteroatoms. The summed E-state index contributed by atoms with van der Waals surface area (Å²) in [7, 11) is 0. The molecule has 0 aromatic carbocycles. The lowest BCUT2D eigenvalue weighted by atomic mass is 10.3. The third-order valence-electron chi connectivity index (χ3n) is 1.70. The van der Waals surface area contributed by atoms with Crippen LogP contribution in [0.1, 0.15) is 0 Å². The highest BCUT2D eigenvalue weighted by molar-refractivity contribution is 5.70. The van der Waals surface area contributed by atoms with Gasteiger partial charge in [0, 0.05) is 0 Å². The quantitative estimate of drug-likeness (QED) is 0.604. The summed E-state index contributed by atoms with van der Waals surface area (Å²) >= 11 is 0. The fraction of sp³-hybridized carbons (Fsp3) is 0. The van der Waals surface area contributed by atoms with Crippen LogP contribution in [0.2, 0.25) is 0 Å². The third kappa shape index (κ3) is 8.73. The van der Waals surface area contributed by atoms with E-state index in [9.17, 15) is 0 Å². The van der Waals surface area contributed by atoms with E-state index in [1.165, 1.54) is 12.5 Å². The van der Waals surface area contributed by atoms with Gasteiger partial charge in [-0.25, -0.2) is 0 Å². The molecule has 0 bridgehead atoms. The molecular weight excluding hydrogens is 226 g/mol. The van der Waals surface area contributed by atoms with Crippen molar-refractivity contribution in [3.8, 4) is 0 Å². The smallest absolute Gasteiger partial charge is 0.145 e. The Morgan fingerprint density at radius 2 is 0.944 bits per heavy atom. The molecule has 0 aromatic heterocycles. The predicted octanol–water partition coefficient (Wildman–Crippen LogP) is 3.78. The highest BCUT2D eigenvalue weighted by Crippen LogP contribution is 1.87. The summed E-state index contributed by atoms with van der Waals surface area (Å²) in [6.45, 7) is 0.